The number of benzene rings is 4. The lowest BCUT2D eigenvalue weighted by molar-refractivity contribution is -0.923. The van der Waals surface area contributed by atoms with Gasteiger partial charge in [0.1, 0.15) is 11.8 Å². The molecule has 8 heteroatoms. The first-order valence-electron chi connectivity index (χ1n) is 15.6. The minimum atomic E-state index is -0.0503. The van der Waals surface area contributed by atoms with Crippen LogP contribution >= 0.6 is 0 Å². The third-order valence-corrected chi connectivity index (χ3v) is 9.99. The number of hydrogen-bond donors (Lipinski definition) is 2. The molecule has 4 heterocycles. The van der Waals surface area contributed by atoms with Gasteiger partial charge in [0.2, 0.25) is 5.75 Å². The molecule has 4 aliphatic rings. The predicted molar refractivity (Wildman–Crippen MR) is 172 cm³/mol. The molecule has 1 unspecified atom stereocenters. The van der Waals surface area contributed by atoms with Gasteiger partial charge < -0.3 is 33.6 Å². The van der Waals surface area contributed by atoms with Gasteiger partial charge in [0.15, 0.2) is 34.5 Å². The van der Waals surface area contributed by atoms with Gasteiger partial charge in [-0.15, -0.1) is 0 Å². The topological polar surface area (TPSA) is 80.6 Å². The van der Waals surface area contributed by atoms with Crippen LogP contribution in [0.2, 0.25) is 0 Å². The summed E-state index contributed by atoms with van der Waals surface area (Å²) in [6.07, 6.45) is 3.16. The number of ether oxygens (including phenoxy) is 4. The van der Waals surface area contributed by atoms with Crippen molar-refractivity contribution in [3.05, 3.63) is 94.0 Å². The zero-order valence-corrected chi connectivity index (χ0v) is 26.6. The van der Waals surface area contributed by atoms with Crippen LogP contribution in [0.5, 0.6) is 46.0 Å². The molecule has 4 aliphatic heterocycles. The van der Waals surface area contributed by atoms with Crippen LogP contribution in [0.25, 0.3) is 0 Å². The summed E-state index contributed by atoms with van der Waals surface area (Å²) < 4.78 is 25.2. The number of aromatic hydroxyl groups is 2. The number of phenolic OH excluding ortho intramolecular Hbond substituents is 2. The normalized spacial score (nSPS) is 20.2. The molecule has 4 aromatic rings. The Bertz CT molecular complexity index is 1770. The Morgan fingerprint density at radius 3 is 2.29 bits per heavy atom. The molecule has 234 valence electrons. The van der Waals surface area contributed by atoms with E-state index in [-0.39, 0.29) is 23.6 Å². The number of quaternary nitrogens is 1. The monoisotopic (exact) mass is 609 g/mol. The van der Waals surface area contributed by atoms with Gasteiger partial charge >= 0.3 is 0 Å². The Morgan fingerprint density at radius 1 is 0.800 bits per heavy atom. The van der Waals surface area contributed by atoms with Crippen LogP contribution in [0.4, 0.5) is 0 Å². The summed E-state index contributed by atoms with van der Waals surface area (Å²) in [5, 5.41) is 22.4. The largest absolute Gasteiger partial charge is 0.504 e. The minimum absolute atomic E-state index is 0.00157. The third-order valence-electron chi connectivity index (χ3n) is 9.99. The standard InChI is InChI=1S/C37H40N2O6/c1-38-14-12-24-19-32(42-4)33-21-27(24)28(38)16-22-6-9-26(10-7-22)44-37-35-25(20-34(43-5)36(37)41)13-15-39(2,3)29(35)17-23-8-11-30(40)31(18-23)45-33/h6-11,18-21,28-29H,12-17H2,1-5H3,(H-,40,41)/p+1/t28-,29?/m0/s1. The number of phenols is 2. The first-order valence-corrected chi connectivity index (χ1v) is 15.6. The summed E-state index contributed by atoms with van der Waals surface area (Å²) in [4.78, 5) is 2.38. The van der Waals surface area contributed by atoms with E-state index in [0.29, 0.717) is 45.4 Å². The Balaban J connectivity index is 1.43. The predicted octanol–water partition coefficient (Wildman–Crippen LogP) is 6.70. The number of nitrogens with zero attached hydrogens (tertiary/aromatic N) is 2. The molecule has 0 fully saturated rings. The molecule has 0 saturated carbocycles. The maximum Gasteiger partial charge on any atom is 0.201 e. The molecule has 8 rings (SSSR count). The molecule has 0 spiro atoms. The average molecular weight is 610 g/mol. The lowest BCUT2D eigenvalue weighted by Crippen LogP contribution is -2.48. The number of rotatable bonds is 2. The lowest BCUT2D eigenvalue weighted by atomic mass is 9.86. The molecule has 0 aromatic heterocycles. The highest BCUT2D eigenvalue weighted by Crippen LogP contribution is 2.51. The molecule has 2 atom stereocenters. The van der Waals surface area contributed by atoms with Crippen molar-refractivity contribution >= 4 is 0 Å². The summed E-state index contributed by atoms with van der Waals surface area (Å²) in [6, 6.07) is 19.9. The molecule has 8 nitrogen and oxygen atoms in total. The second-order valence-electron chi connectivity index (χ2n) is 13.1. The van der Waals surface area contributed by atoms with E-state index in [9.17, 15) is 10.2 Å². The summed E-state index contributed by atoms with van der Waals surface area (Å²) in [7, 11) is 9.80. The second-order valence-corrected chi connectivity index (χ2v) is 13.1. The quantitative estimate of drug-likeness (QED) is 0.245. The molecular weight excluding hydrogens is 568 g/mol. The van der Waals surface area contributed by atoms with Gasteiger partial charge in [0.25, 0.3) is 0 Å². The lowest BCUT2D eigenvalue weighted by Gasteiger charge is -2.43. The smallest absolute Gasteiger partial charge is 0.201 e. The van der Waals surface area contributed by atoms with Gasteiger partial charge in [0, 0.05) is 25.4 Å². The maximum absolute atomic E-state index is 11.5. The summed E-state index contributed by atoms with van der Waals surface area (Å²) >= 11 is 0. The van der Waals surface area contributed by atoms with Gasteiger partial charge in [-0.1, -0.05) is 18.2 Å². The third kappa shape index (κ3) is 5.22. The average Bonchev–Trinajstić information content (AvgIpc) is 3.03. The van der Waals surface area contributed by atoms with Crippen molar-refractivity contribution in [1.29, 1.82) is 0 Å². The van der Waals surface area contributed by atoms with Crippen molar-refractivity contribution in [2.75, 3.05) is 48.5 Å². The van der Waals surface area contributed by atoms with Crippen LogP contribution in [0.1, 0.15) is 45.5 Å². The van der Waals surface area contributed by atoms with Gasteiger partial charge in [0.05, 0.1) is 40.4 Å². The van der Waals surface area contributed by atoms with Crippen LogP contribution in [0, 0.1) is 0 Å². The second kappa shape index (κ2) is 11.2. The Hall–Kier alpha value is -4.40. The fourth-order valence-electron chi connectivity index (χ4n) is 7.27. The summed E-state index contributed by atoms with van der Waals surface area (Å²) in [5.74, 6) is 3.14. The number of methoxy groups -OCH3 is 2. The van der Waals surface area contributed by atoms with E-state index in [4.69, 9.17) is 18.9 Å². The van der Waals surface area contributed by atoms with Crippen molar-refractivity contribution in [1.82, 2.24) is 4.90 Å². The molecule has 2 N–H and O–H groups in total. The van der Waals surface area contributed by atoms with Crippen LogP contribution in [0.3, 0.4) is 0 Å². The van der Waals surface area contributed by atoms with Gasteiger partial charge in [-0.2, -0.15) is 0 Å². The van der Waals surface area contributed by atoms with E-state index in [1.165, 1.54) is 16.7 Å². The Kier molecular flexibility index (Phi) is 7.29. The fourth-order valence-corrected chi connectivity index (χ4v) is 7.27. The highest BCUT2D eigenvalue weighted by Gasteiger charge is 2.41. The zero-order chi connectivity index (χ0) is 31.5. The number of likely N-dealkylation sites (N-methyl/N-ethyl adjacent to an activating group) is 2. The summed E-state index contributed by atoms with van der Waals surface area (Å²) in [5.41, 5.74) is 6.66. The van der Waals surface area contributed by atoms with Gasteiger partial charge in [-0.25, -0.2) is 0 Å². The summed E-state index contributed by atoms with van der Waals surface area (Å²) in [6.45, 7) is 1.84. The van der Waals surface area contributed by atoms with Gasteiger partial charge in [-0.3, -0.25) is 4.90 Å². The Labute approximate surface area is 264 Å². The fraction of sp³-hybridized carbons (Fsp3) is 0.351. The highest BCUT2D eigenvalue weighted by molar-refractivity contribution is 5.61. The molecule has 0 radical (unpaired) electrons. The molecule has 4 aromatic carbocycles. The number of fused-ring (bicyclic) bond motifs is 2. The van der Waals surface area contributed by atoms with Crippen LogP contribution < -0.4 is 18.9 Å². The molecule has 6 bridgehead atoms. The number of hydrogen-bond acceptors (Lipinski definition) is 7. The van der Waals surface area contributed by atoms with E-state index in [2.05, 4.69) is 50.3 Å². The van der Waals surface area contributed by atoms with Crippen molar-refractivity contribution in [3.63, 3.8) is 0 Å². The van der Waals surface area contributed by atoms with E-state index in [0.717, 1.165) is 49.0 Å². The molecular formula is C37H41N2O6+. The van der Waals surface area contributed by atoms with E-state index >= 15 is 0 Å². The molecule has 0 aliphatic carbocycles. The highest BCUT2D eigenvalue weighted by atomic mass is 16.5. The minimum Gasteiger partial charge on any atom is -0.504 e. The maximum atomic E-state index is 11.5. The van der Waals surface area contributed by atoms with Crippen LogP contribution in [-0.2, 0) is 25.7 Å². The zero-order valence-electron chi connectivity index (χ0n) is 26.6. The van der Waals surface area contributed by atoms with E-state index in [1.54, 1.807) is 20.3 Å². The van der Waals surface area contributed by atoms with E-state index < -0.39 is 0 Å². The van der Waals surface area contributed by atoms with Crippen molar-refractivity contribution in [2.24, 2.45) is 0 Å². The van der Waals surface area contributed by atoms with Crippen molar-refractivity contribution in [2.45, 2.75) is 37.8 Å². The van der Waals surface area contributed by atoms with Crippen molar-refractivity contribution in [3.8, 4) is 46.0 Å². The SMILES string of the molecule is COc1cc2c3cc1Oc1cc(ccc1O)CC1c4c(cc(OC)c(O)c4Oc4ccc(cc4)C[C@@H]3N(C)CC2)CC[N+]1(C)C. The van der Waals surface area contributed by atoms with E-state index in [1.807, 2.05) is 30.3 Å². The molecule has 45 heavy (non-hydrogen) atoms. The van der Waals surface area contributed by atoms with Crippen LogP contribution in [0.15, 0.2) is 60.7 Å². The first-order chi connectivity index (χ1) is 21.6. The van der Waals surface area contributed by atoms with Crippen molar-refractivity contribution < 1.29 is 33.6 Å². The first kappa shape index (κ1) is 29.3. The van der Waals surface area contributed by atoms with Gasteiger partial charge in [-0.05, 0) is 90.2 Å². The Morgan fingerprint density at radius 2 is 1.53 bits per heavy atom. The van der Waals surface area contributed by atoms with Crippen LogP contribution in [-0.4, -0.2) is 68.0 Å². The molecule has 0 amide bonds. The molecule has 0 saturated heterocycles.